The Balaban J connectivity index is 2.67. The van der Waals surface area contributed by atoms with Crippen LogP contribution in [0.25, 0.3) is 16.5 Å². The maximum atomic E-state index is 13.1. The first-order chi connectivity index (χ1) is 7.25. The van der Waals surface area contributed by atoms with Crippen molar-refractivity contribution in [3.63, 3.8) is 0 Å². The zero-order chi connectivity index (χ0) is 11.1. The van der Waals surface area contributed by atoms with Gasteiger partial charge in [-0.05, 0) is 24.1 Å². The number of halogens is 1. The molecule has 0 atom stereocenters. The summed E-state index contributed by atoms with van der Waals surface area (Å²) in [5.41, 5.74) is 8.16. The van der Waals surface area contributed by atoms with Crippen molar-refractivity contribution in [2.24, 2.45) is 5.11 Å². The molecule has 0 aliphatic heterocycles. The SMILES string of the molecule is [N-]=[N+]=NCCC=Cc1c(O)cccc1F. The third-order valence-corrected chi connectivity index (χ3v) is 1.77. The van der Waals surface area contributed by atoms with Crippen LogP contribution in [0, 0.1) is 5.82 Å². The Morgan fingerprint density at radius 2 is 2.33 bits per heavy atom. The second kappa shape index (κ2) is 5.67. The molecule has 0 radical (unpaired) electrons. The summed E-state index contributed by atoms with van der Waals surface area (Å²) in [6, 6.07) is 4.12. The lowest BCUT2D eigenvalue weighted by Gasteiger charge is -1.99. The largest absolute Gasteiger partial charge is 0.507 e. The Hall–Kier alpha value is -2.00. The fourth-order valence-corrected chi connectivity index (χ4v) is 1.07. The fraction of sp³-hybridized carbons (Fsp3) is 0.200. The molecule has 0 aliphatic rings. The zero-order valence-corrected chi connectivity index (χ0v) is 7.97. The van der Waals surface area contributed by atoms with Crippen LogP contribution in [0.1, 0.15) is 12.0 Å². The topological polar surface area (TPSA) is 69.0 Å². The van der Waals surface area contributed by atoms with Gasteiger partial charge in [0.05, 0.1) is 5.56 Å². The van der Waals surface area contributed by atoms with Gasteiger partial charge in [-0.2, -0.15) is 0 Å². The lowest BCUT2D eigenvalue weighted by molar-refractivity contribution is 0.467. The van der Waals surface area contributed by atoms with Crippen molar-refractivity contribution in [1.29, 1.82) is 0 Å². The van der Waals surface area contributed by atoms with Gasteiger partial charge in [0.2, 0.25) is 0 Å². The third-order valence-electron chi connectivity index (χ3n) is 1.77. The van der Waals surface area contributed by atoms with E-state index in [9.17, 15) is 9.50 Å². The molecule has 0 fully saturated rings. The van der Waals surface area contributed by atoms with Crippen LogP contribution in [-0.2, 0) is 0 Å². The van der Waals surface area contributed by atoms with E-state index in [1.54, 1.807) is 6.08 Å². The second-order valence-corrected chi connectivity index (χ2v) is 2.82. The average molecular weight is 207 g/mol. The maximum Gasteiger partial charge on any atom is 0.134 e. The van der Waals surface area contributed by atoms with Gasteiger partial charge in [-0.1, -0.05) is 23.3 Å². The Bertz CT molecular complexity index is 391. The molecule has 0 aromatic heterocycles. The van der Waals surface area contributed by atoms with Gasteiger partial charge in [0.15, 0.2) is 0 Å². The highest BCUT2D eigenvalue weighted by Crippen LogP contribution is 2.21. The Morgan fingerprint density at radius 3 is 3.00 bits per heavy atom. The molecule has 78 valence electrons. The Morgan fingerprint density at radius 1 is 1.53 bits per heavy atom. The summed E-state index contributed by atoms with van der Waals surface area (Å²) in [5.74, 6) is -0.579. The minimum atomic E-state index is -0.477. The first kappa shape index (κ1) is 11.1. The fourth-order valence-electron chi connectivity index (χ4n) is 1.07. The van der Waals surface area contributed by atoms with Crippen molar-refractivity contribution in [3.05, 3.63) is 46.1 Å². The minimum Gasteiger partial charge on any atom is -0.507 e. The van der Waals surface area contributed by atoms with Gasteiger partial charge in [-0.15, -0.1) is 0 Å². The standard InChI is InChI=1S/C10H10FN3O/c11-9-5-3-6-10(15)8(9)4-1-2-7-13-14-12/h1,3-6,15H,2,7H2. The van der Waals surface area contributed by atoms with Crippen molar-refractivity contribution in [3.8, 4) is 5.75 Å². The van der Waals surface area contributed by atoms with Crippen LogP contribution in [0.15, 0.2) is 29.4 Å². The second-order valence-electron chi connectivity index (χ2n) is 2.82. The first-order valence-electron chi connectivity index (χ1n) is 4.40. The lowest BCUT2D eigenvalue weighted by atomic mass is 10.1. The number of nitrogens with zero attached hydrogens (tertiary/aromatic N) is 3. The van der Waals surface area contributed by atoms with Crippen LogP contribution in [0.4, 0.5) is 4.39 Å². The highest BCUT2D eigenvalue weighted by atomic mass is 19.1. The minimum absolute atomic E-state index is 0.102. The van der Waals surface area contributed by atoms with E-state index < -0.39 is 5.82 Å². The van der Waals surface area contributed by atoms with E-state index in [0.717, 1.165) is 0 Å². The van der Waals surface area contributed by atoms with Gasteiger partial charge >= 0.3 is 0 Å². The van der Waals surface area contributed by atoms with Crippen molar-refractivity contribution in [2.75, 3.05) is 6.54 Å². The van der Waals surface area contributed by atoms with Crippen molar-refractivity contribution in [2.45, 2.75) is 6.42 Å². The normalized spacial score (nSPS) is 10.2. The van der Waals surface area contributed by atoms with E-state index in [2.05, 4.69) is 10.0 Å². The molecule has 1 rings (SSSR count). The van der Waals surface area contributed by atoms with Crippen molar-refractivity contribution < 1.29 is 9.50 Å². The number of phenols is 1. The van der Waals surface area contributed by atoms with E-state index in [-0.39, 0.29) is 11.3 Å². The van der Waals surface area contributed by atoms with Crippen LogP contribution in [0.5, 0.6) is 5.75 Å². The molecule has 5 heteroatoms. The number of hydrogen-bond donors (Lipinski definition) is 1. The quantitative estimate of drug-likeness (QED) is 0.350. The van der Waals surface area contributed by atoms with E-state index in [1.807, 2.05) is 0 Å². The maximum absolute atomic E-state index is 13.1. The van der Waals surface area contributed by atoms with Gasteiger partial charge in [0.1, 0.15) is 11.6 Å². The molecule has 0 heterocycles. The Labute approximate surface area is 86.3 Å². The molecule has 4 nitrogen and oxygen atoms in total. The Kier molecular flexibility index (Phi) is 4.19. The highest BCUT2D eigenvalue weighted by molar-refractivity contribution is 5.57. The molecule has 0 saturated heterocycles. The van der Waals surface area contributed by atoms with Crippen molar-refractivity contribution >= 4 is 6.08 Å². The van der Waals surface area contributed by atoms with Crippen LogP contribution in [0.3, 0.4) is 0 Å². The van der Waals surface area contributed by atoms with E-state index in [4.69, 9.17) is 5.53 Å². The molecule has 0 spiro atoms. The molecule has 15 heavy (non-hydrogen) atoms. The number of benzene rings is 1. The van der Waals surface area contributed by atoms with Crippen LogP contribution < -0.4 is 0 Å². The summed E-state index contributed by atoms with van der Waals surface area (Å²) in [7, 11) is 0. The van der Waals surface area contributed by atoms with Gasteiger partial charge < -0.3 is 5.11 Å². The molecule has 0 bridgehead atoms. The number of phenolic OH excluding ortho intramolecular Hbond substituents is 1. The van der Waals surface area contributed by atoms with Crippen LogP contribution >= 0.6 is 0 Å². The molecule has 0 aliphatic carbocycles. The first-order valence-corrected chi connectivity index (χ1v) is 4.40. The number of rotatable bonds is 4. The van der Waals surface area contributed by atoms with Gasteiger partial charge in [-0.25, -0.2) is 4.39 Å². The predicted molar refractivity (Wildman–Crippen MR) is 55.7 cm³/mol. The summed E-state index contributed by atoms with van der Waals surface area (Å²) >= 11 is 0. The van der Waals surface area contributed by atoms with E-state index >= 15 is 0 Å². The van der Waals surface area contributed by atoms with E-state index in [0.29, 0.717) is 13.0 Å². The predicted octanol–water partition coefficient (Wildman–Crippen LogP) is 3.24. The molecular weight excluding hydrogens is 197 g/mol. The van der Waals surface area contributed by atoms with Crippen LogP contribution in [-0.4, -0.2) is 11.7 Å². The molecule has 0 unspecified atom stereocenters. The number of hydrogen-bond acceptors (Lipinski definition) is 2. The third kappa shape index (κ3) is 3.32. The summed E-state index contributed by atoms with van der Waals surface area (Å²) in [6.45, 7) is 0.322. The van der Waals surface area contributed by atoms with Gasteiger partial charge in [-0.3, -0.25) is 0 Å². The molecule has 1 aromatic carbocycles. The summed E-state index contributed by atoms with van der Waals surface area (Å²) in [5, 5.41) is 12.6. The molecule has 1 N–H and O–H groups in total. The number of azide groups is 1. The van der Waals surface area contributed by atoms with Crippen molar-refractivity contribution in [1.82, 2.24) is 0 Å². The zero-order valence-electron chi connectivity index (χ0n) is 7.97. The van der Waals surface area contributed by atoms with Crippen LogP contribution in [0.2, 0.25) is 0 Å². The summed E-state index contributed by atoms with van der Waals surface area (Å²) < 4.78 is 13.1. The monoisotopic (exact) mass is 207 g/mol. The highest BCUT2D eigenvalue weighted by Gasteiger charge is 2.02. The molecule has 0 saturated carbocycles. The van der Waals surface area contributed by atoms with Gasteiger partial charge in [0.25, 0.3) is 0 Å². The molecule has 1 aromatic rings. The van der Waals surface area contributed by atoms with E-state index in [1.165, 1.54) is 24.3 Å². The smallest absolute Gasteiger partial charge is 0.134 e. The number of aromatic hydroxyl groups is 1. The average Bonchev–Trinajstić information content (AvgIpc) is 2.21. The molecular formula is C10H10FN3O. The lowest BCUT2D eigenvalue weighted by Crippen LogP contribution is -1.82. The summed E-state index contributed by atoms with van der Waals surface area (Å²) in [6.07, 6.45) is 3.63. The molecule has 0 amide bonds. The summed E-state index contributed by atoms with van der Waals surface area (Å²) in [4.78, 5) is 2.58. The van der Waals surface area contributed by atoms with Gasteiger partial charge in [0, 0.05) is 11.5 Å².